The molecule has 2 aromatic carbocycles. The molecule has 0 spiro atoms. The van der Waals surface area contributed by atoms with Gasteiger partial charge in [-0.05, 0) is 23.8 Å². The molecule has 0 aliphatic rings. The Balaban J connectivity index is 1.71. The predicted molar refractivity (Wildman–Crippen MR) is 111 cm³/mol. The van der Waals surface area contributed by atoms with Crippen LogP contribution in [0.5, 0.6) is 5.75 Å². The first kappa shape index (κ1) is 21.1. The van der Waals surface area contributed by atoms with Crippen LogP contribution in [0.3, 0.4) is 0 Å². The second-order valence-corrected chi connectivity index (χ2v) is 6.93. The molecule has 1 heterocycles. The van der Waals surface area contributed by atoms with Crippen molar-refractivity contribution in [3.05, 3.63) is 76.6 Å². The average Bonchev–Trinajstić information content (AvgIpc) is 2.76. The van der Waals surface area contributed by atoms with Gasteiger partial charge < -0.3 is 18.8 Å². The lowest BCUT2D eigenvalue weighted by atomic mass is 10.1. The van der Waals surface area contributed by atoms with E-state index in [1.165, 1.54) is 13.2 Å². The van der Waals surface area contributed by atoms with E-state index in [0.717, 1.165) is 10.9 Å². The third-order valence-corrected chi connectivity index (χ3v) is 4.62. The molecule has 156 valence electrons. The number of carbonyl (C=O) groups excluding carboxylic acids is 2. The SMILES string of the molecule is COC(=O)C(C)CN(Cc1ccccc1)C(=O)COc1ccc2ccc(=O)oc2c1. The molecule has 0 N–H and O–H groups in total. The first-order valence-corrected chi connectivity index (χ1v) is 9.52. The minimum atomic E-state index is -0.474. The van der Waals surface area contributed by atoms with Crippen molar-refractivity contribution in [3.8, 4) is 5.75 Å². The van der Waals surface area contributed by atoms with Gasteiger partial charge >= 0.3 is 11.6 Å². The highest BCUT2D eigenvalue weighted by atomic mass is 16.5. The Morgan fingerprint density at radius 3 is 2.53 bits per heavy atom. The highest BCUT2D eigenvalue weighted by molar-refractivity contribution is 5.80. The molecule has 0 bridgehead atoms. The van der Waals surface area contributed by atoms with Crippen molar-refractivity contribution < 1.29 is 23.5 Å². The molecule has 7 nitrogen and oxygen atoms in total. The summed E-state index contributed by atoms with van der Waals surface area (Å²) in [7, 11) is 1.32. The number of hydrogen-bond acceptors (Lipinski definition) is 6. The Morgan fingerprint density at radius 2 is 1.80 bits per heavy atom. The summed E-state index contributed by atoms with van der Waals surface area (Å²) in [6.45, 7) is 2.04. The van der Waals surface area contributed by atoms with E-state index in [4.69, 9.17) is 13.9 Å². The zero-order valence-electron chi connectivity index (χ0n) is 16.9. The van der Waals surface area contributed by atoms with Crippen LogP contribution in [0.15, 0.2) is 69.9 Å². The summed E-state index contributed by atoms with van der Waals surface area (Å²) < 4.78 is 15.6. The molecule has 0 radical (unpaired) electrons. The van der Waals surface area contributed by atoms with Crippen LogP contribution in [-0.4, -0.2) is 37.0 Å². The third kappa shape index (κ3) is 5.47. The van der Waals surface area contributed by atoms with E-state index >= 15 is 0 Å². The van der Waals surface area contributed by atoms with E-state index < -0.39 is 11.5 Å². The molecular weight excluding hydrogens is 386 g/mol. The van der Waals surface area contributed by atoms with Crippen LogP contribution >= 0.6 is 0 Å². The maximum absolute atomic E-state index is 12.9. The van der Waals surface area contributed by atoms with Crippen LogP contribution in [-0.2, 0) is 20.9 Å². The van der Waals surface area contributed by atoms with Gasteiger partial charge in [-0.25, -0.2) is 4.79 Å². The zero-order chi connectivity index (χ0) is 21.5. The van der Waals surface area contributed by atoms with Crippen molar-refractivity contribution >= 4 is 22.8 Å². The first-order valence-electron chi connectivity index (χ1n) is 9.52. The number of rotatable bonds is 8. The van der Waals surface area contributed by atoms with Gasteiger partial charge in [0.1, 0.15) is 11.3 Å². The Kier molecular flexibility index (Phi) is 6.85. The second-order valence-electron chi connectivity index (χ2n) is 6.93. The topological polar surface area (TPSA) is 86.0 Å². The van der Waals surface area contributed by atoms with E-state index in [0.29, 0.717) is 17.9 Å². The van der Waals surface area contributed by atoms with Gasteiger partial charge in [-0.1, -0.05) is 37.3 Å². The average molecular weight is 409 g/mol. The van der Waals surface area contributed by atoms with Crippen molar-refractivity contribution in [2.24, 2.45) is 5.92 Å². The Hall–Kier alpha value is -3.61. The maximum atomic E-state index is 12.9. The van der Waals surface area contributed by atoms with Crippen LogP contribution in [0.1, 0.15) is 12.5 Å². The summed E-state index contributed by atoms with van der Waals surface area (Å²) in [5.74, 6) is -0.723. The van der Waals surface area contributed by atoms with E-state index in [1.54, 1.807) is 36.1 Å². The smallest absolute Gasteiger partial charge is 0.336 e. The number of hydrogen-bond donors (Lipinski definition) is 0. The number of benzene rings is 2. The monoisotopic (exact) mass is 409 g/mol. The number of nitrogens with zero attached hydrogens (tertiary/aromatic N) is 1. The molecule has 1 unspecified atom stereocenters. The van der Waals surface area contributed by atoms with E-state index in [2.05, 4.69) is 0 Å². The van der Waals surface area contributed by atoms with Crippen LogP contribution < -0.4 is 10.4 Å². The summed E-state index contributed by atoms with van der Waals surface area (Å²) in [5, 5.41) is 0.755. The highest BCUT2D eigenvalue weighted by Crippen LogP contribution is 2.19. The van der Waals surface area contributed by atoms with Gasteiger partial charge in [-0.2, -0.15) is 0 Å². The quantitative estimate of drug-likeness (QED) is 0.420. The van der Waals surface area contributed by atoms with Crippen molar-refractivity contribution in [2.75, 3.05) is 20.3 Å². The van der Waals surface area contributed by atoms with Crippen LogP contribution in [0.25, 0.3) is 11.0 Å². The summed E-state index contributed by atoms with van der Waals surface area (Å²) in [6, 6.07) is 17.5. The molecule has 0 aliphatic heterocycles. The lowest BCUT2D eigenvalue weighted by Crippen LogP contribution is -2.39. The van der Waals surface area contributed by atoms with Crippen molar-refractivity contribution in [2.45, 2.75) is 13.5 Å². The van der Waals surface area contributed by atoms with Gasteiger partial charge in [0, 0.05) is 30.6 Å². The molecule has 0 fully saturated rings. The number of esters is 1. The van der Waals surface area contributed by atoms with Crippen molar-refractivity contribution in [1.29, 1.82) is 0 Å². The van der Waals surface area contributed by atoms with Gasteiger partial charge in [-0.15, -0.1) is 0 Å². The van der Waals surface area contributed by atoms with Gasteiger partial charge in [0.05, 0.1) is 13.0 Å². The second kappa shape index (κ2) is 9.73. The van der Waals surface area contributed by atoms with Crippen LogP contribution in [0.4, 0.5) is 0 Å². The third-order valence-electron chi connectivity index (χ3n) is 4.62. The highest BCUT2D eigenvalue weighted by Gasteiger charge is 2.22. The Morgan fingerprint density at radius 1 is 1.07 bits per heavy atom. The number of methoxy groups -OCH3 is 1. The lowest BCUT2D eigenvalue weighted by molar-refractivity contribution is -0.147. The minimum Gasteiger partial charge on any atom is -0.484 e. The fourth-order valence-electron chi connectivity index (χ4n) is 3.03. The molecular formula is C23H23NO6. The standard InChI is InChI=1S/C23H23NO6/c1-16(23(27)28-2)13-24(14-17-6-4-3-5-7-17)21(25)15-29-19-10-8-18-9-11-22(26)30-20(18)12-19/h3-12,16H,13-15H2,1-2H3. The lowest BCUT2D eigenvalue weighted by Gasteiger charge is -2.25. The summed E-state index contributed by atoms with van der Waals surface area (Å²) in [4.78, 5) is 37.7. The Bertz CT molecular complexity index is 1080. The number of fused-ring (bicyclic) bond motifs is 1. The number of carbonyl (C=O) groups is 2. The molecule has 1 amide bonds. The van der Waals surface area contributed by atoms with Crippen LogP contribution in [0.2, 0.25) is 0 Å². The molecule has 1 aromatic heterocycles. The first-order chi connectivity index (χ1) is 14.5. The summed E-state index contributed by atoms with van der Waals surface area (Å²) >= 11 is 0. The van der Waals surface area contributed by atoms with Gasteiger partial charge in [0.15, 0.2) is 6.61 Å². The summed E-state index contributed by atoms with van der Waals surface area (Å²) in [6.07, 6.45) is 0. The zero-order valence-corrected chi connectivity index (χ0v) is 16.9. The van der Waals surface area contributed by atoms with Crippen molar-refractivity contribution in [3.63, 3.8) is 0 Å². The molecule has 1 atom stereocenters. The van der Waals surface area contributed by atoms with E-state index in [9.17, 15) is 14.4 Å². The molecule has 30 heavy (non-hydrogen) atoms. The largest absolute Gasteiger partial charge is 0.484 e. The molecule has 0 saturated heterocycles. The van der Waals surface area contributed by atoms with E-state index in [1.807, 2.05) is 30.3 Å². The van der Waals surface area contributed by atoms with Gasteiger partial charge in [0.25, 0.3) is 5.91 Å². The minimum absolute atomic E-state index is 0.205. The molecule has 0 aliphatic carbocycles. The predicted octanol–water partition coefficient (Wildman–Crippen LogP) is 3.01. The molecule has 7 heteroatoms. The Labute approximate surface area is 173 Å². The number of amides is 1. The maximum Gasteiger partial charge on any atom is 0.336 e. The molecule has 3 rings (SSSR count). The van der Waals surface area contributed by atoms with E-state index in [-0.39, 0.29) is 25.0 Å². The van der Waals surface area contributed by atoms with Gasteiger partial charge in [-0.3, -0.25) is 9.59 Å². The fourth-order valence-corrected chi connectivity index (χ4v) is 3.03. The van der Waals surface area contributed by atoms with Gasteiger partial charge in [0.2, 0.25) is 0 Å². The van der Waals surface area contributed by atoms with Crippen LogP contribution in [0, 0.1) is 5.92 Å². The fraction of sp³-hybridized carbons (Fsp3) is 0.261. The number of ether oxygens (including phenoxy) is 2. The normalized spacial score (nSPS) is 11.7. The van der Waals surface area contributed by atoms with Crippen molar-refractivity contribution in [1.82, 2.24) is 4.90 Å². The summed E-state index contributed by atoms with van der Waals surface area (Å²) in [5.41, 5.74) is 0.866. The molecule has 0 saturated carbocycles. The molecule has 3 aromatic rings.